The topological polar surface area (TPSA) is 0 Å². The summed E-state index contributed by atoms with van der Waals surface area (Å²) in [5, 5.41) is 0. The molecule has 0 radical (unpaired) electrons. The van der Waals surface area contributed by atoms with Crippen molar-refractivity contribution < 1.29 is 0 Å². The Bertz CT molecular complexity index is 792. The van der Waals surface area contributed by atoms with E-state index in [9.17, 15) is 0 Å². The van der Waals surface area contributed by atoms with Gasteiger partial charge in [0.05, 0.1) is 0 Å². The molecule has 24 heavy (non-hydrogen) atoms. The summed E-state index contributed by atoms with van der Waals surface area (Å²) in [7, 11) is 2.13. The molecule has 0 N–H and O–H groups in total. The highest BCUT2D eigenvalue weighted by Gasteiger charge is 2.37. The molecule has 0 aromatic heterocycles. The molecule has 1 heteroatoms. The Morgan fingerprint density at radius 2 is 1.42 bits per heavy atom. The van der Waals surface area contributed by atoms with E-state index in [-0.39, 0.29) is 10.8 Å². The Balaban J connectivity index is 2.14. The predicted molar refractivity (Wildman–Crippen MR) is 109 cm³/mol. The molecule has 1 aliphatic rings. The summed E-state index contributed by atoms with van der Waals surface area (Å²) < 4.78 is 0. The second-order valence-corrected chi connectivity index (χ2v) is 8.83. The molecule has 0 unspecified atom stereocenters. The minimum absolute atomic E-state index is 0.237. The SMILES string of the molecule is Bc1ccc(C(=C)c2cc3c(cc2C)C(C)(C)CCC3(C)C)cc1. The number of hydrogen-bond acceptors (Lipinski definition) is 0. The molecule has 124 valence electrons. The zero-order valence-electron chi connectivity index (χ0n) is 16.1. The van der Waals surface area contributed by atoms with Crippen LogP contribution in [-0.4, -0.2) is 7.85 Å². The van der Waals surface area contributed by atoms with Crippen LogP contribution in [-0.2, 0) is 10.8 Å². The van der Waals surface area contributed by atoms with Gasteiger partial charge in [-0.05, 0) is 64.0 Å². The van der Waals surface area contributed by atoms with E-state index in [2.05, 4.69) is 85.4 Å². The first-order valence-electron chi connectivity index (χ1n) is 9.04. The highest BCUT2D eigenvalue weighted by molar-refractivity contribution is 6.32. The molecule has 2 aromatic carbocycles. The second kappa shape index (κ2) is 5.65. The first kappa shape index (κ1) is 17.1. The smallest absolute Gasteiger partial charge is 0.0905 e. The van der Waals surface area contributed by atoms with Crippen molar-refractivity contribution in [3.8, 4) is 0 Å². The summed E-state index contributed by atoms with van der Waals surface area (Å²) in [6.45, 7) is 16.2. The largest absolute Gasteiger partial charge is 0.139 e. The lowest BCUT2D eigenvalue weighted by Gasteiger charge is -2.42. The zero-order chi connectivity index (χ0) is 17.7. The molecule has 0 bridgehead atoms. The zero-order valence-corrected chi connectivity index (χ0v) is 16.1. The van der Waals surface area contributed by atoms with Crippen molar-refractivity contribution in [1.82, 2.24) is 0 Å². The normalized spacial score (nSPS) is 18.0. The van der Waals surface area contributed by atoms with Gasteiger partial charge in [0.1, 0.15) is 7.85 Å². The Labute approximate surface area is 148 Å². The Morgan fingerprint density at radius 1 is 0.917 bits per heavy atom. The quantitative estimate of drug-likeness (QED) is 0.707. The summed E-state index contributed by atoms with van der Waals surface area (Å²) in [4.78, 5) is 0. The van der Waals surface area contributed by atoms with Crippen LogP contribution in [0, 0.1) is 6.92 Å². The molecule has 0 atom stereocenters. The van der Waals surface area contributed by atoms with Crippen molar-refractivity contribution in [3.05, 3.63) is 70.8 Å². The predicted octanol–water partition coefficient (Wildman–Crippen LogP) is 4.66. The van der Waals surface area contributed by atoms with Gasteiger partial charge in [-0.25, -0.2) is 0 Å². The molecule has 0 spiro atoms. The summed E-state index contributed by atoms with van der Waals surface area (Å²) in [5.41, 5.74) is 9.81. The lowest BCUT2D eigenvalue weighted by molar-refractivity contribution is 0.331. The third-order valence-corrected chi connectivity index (χ3v) is 5.92. The molecule has 2 aromatic rings. The minimum Gasteiger partial charge on any atom is -0.0905 e. The van der Waals surface area contributed by atoms with Crippen molar-refractivity contribution in [1.29, 1.82) is 0 Å². The monoisotopic (exact) mass is 316 g/mol. The number of hydrogen-bond donors (Lipinski definition) is 0. The van der Waals surface area contributed by atoms with E-state index in [1.54, 1.807) is 0 Å². The fourth-order valence-corrected chi connectivity index (χ4v) is 3.96. The number of aryl methyl sites for hydroxylation is 1. The maximum absolute atomic E-state index is 4.42. The molecule has 0 nitrogen and oxygen atoms in total. The summed E-state index contributed by atoms with van der Waals surface area (Å²) in [5.74, 6) is 0. The third kappa shape index (κ3) is 2.86. The van der Waals surface area contributed by atoms with Crippen molar-refractivity contribution in [3.63, 3.8) is 0 Å². The fourth-order valence-electron chi connectivity index (χ4n) is 3.96. The van der Waals surface area contributed by atoms with Crippen LogP contribution in [0.1, 0.15) is 68.4 Å². The van der Waals surface area contributed by atoms with E-state index in [4.69, 9.17) is 0 Å². The van der Waals surface area contributed by atoms with Gasteiger partial charge < -0.3 is 0 Å². The van der Waals surface area contributed by atoms with Gasteiger partial charge in [0.15, 0.2) is 0 Å². The standard InChI is InChI=1S/C23H29B/c1-15-13-20-21(23(5,6)12-11-22(20,3)4)14-19(15)16(2)17-7-9-18(24)10-8-17/h7-10,13-14H,2,11-12,24H2,1,3-6H3. The lowest BCUT2D eigenvalue weighted by atomic mass is 9.62. The summed E-state index contributed by atoms with van der Waals surface area (Å²) in [6.07, 6.45) is 2.50. The molecule has 0 heterocycles. The molecule has 0 saturated carbocycles. The van der Waals surface area contributed by atoms with Gasteiger partial charge in [0, 0.05) is 0 Å². The maximum atomic E-state index is 4.42. The van der Waals surface area contributed by atoms with Crippen LogP contribution in [0.2, 0.25) is 0 Å². The van der Waals surface area contributed by atoms with Crippen LogP contribution >= 0.6 is 0 Å². The third-order valence-electron chi connectivity index (χ3n) is 5.92. The average molecular weight is 316 g/mol. The van der Waals surface area contributed by atoms with Crippen LogP contribution in [0.5, 0.6) is 0 Å². The van der Waals surface area contributed by atoms with E-state index in [0.29, 0.717) is 0 Å². The molecule has 3 rings (SSSR count). The summed E-state index contributed by atoms with van der Waals surface area (Å²) >= 11 is 0. The van der Waals surface area contributed by atoms with Crippen molar-refractivity contribution in [2.24, 2.45) is 0 Å². The van der Waals surface area contributed by atoms with E-state index in [1.165, 1.54) is 46.1 Å². The fraction of sp³-hybridized carbons (Fsp3) is 0.391. The molecule has 0 saturated heterocycles. The molecule has 0 amide bonds. The number of benzene rings is 2. The van der Waals surface area contributed by atoms with Crippen molar-refractivity contribution in [2.45, 2.75) is 58.3 Å². The highest BCUT2D eigenvalue weighted by atomic mass is 14.4. The van der Waals surface area contributed by atoms with Crippen molar-refractivity contribution >= 4 is 18.9 Å². The van der Waals surface area contributed by atoms with Crippen LogP contribution in [0.15, 0.2) is 43.0 Å². The number of fused-ring (bicyclic) bond motifs is 1. The van der Waals surface area contributed by atoms with Gasteiger partial charge in [-0.3, -0.25) is 0 Å². The van der Waals surface area contributed by atoms with Gasteiger partial charge in [-0.1, -0.05) is 76.1 Å². The van der Waals surface area contributed by atoms with Gasteiger partial charge in [-0.15, -0.1) is 0 Å². The Kier molecular flexibility index (Phi) is 4.02. The molecular weight excluding hydrogens is 287 g/mol. The van der Waals surface area contributed by atoms with Gasteiger partial charge >= 0.3 is 0 Å². The summed E-state index contributed by atoms with van der Waals surface area (Å²) in [6, 6.07) is 13.6. The number of rotatable bonds is 2. The average Bonchev–Trinajstić information content (AvgIpc) is 2.52. The van der Waals surface area contributed by atoms with Crippen LogP contribution in [0.25, 0.3) is 5.57 Å². The molecule has 0 aliphatic heterocycles. The van der Waals surface area contributed by atoms with E-state index >= 15 is 0 Å². The Morgan fingerprint density at radius 3 is 1.96 bits per heavy atom. The highest BCUT2D eigenvalue weighted by Crippen LogP contribution is 2.47. The van der Waals surface area contributed by atoms with E-state index in [0.717, 1.165) is 5.57 Å². The molecule has 1 aliphatic carbocycles. The van der Waals surface area contributed by atoms with Crippen LogP contribution in [0.4, 0.5) is 0 Å². The van der Waals surface area contributed by atoms with Crippen LogP contribution in [0.3, 0.4) is 0 Å². The first-order chi connectivity index (χ1) is 11.1. The molecule has 0 fully saturated rings. The van der Waals surface area contributed by atoms with Crippen LogP contribution < -0.4 is 5.46 Å². The minimum atomic E-state index is 0.237. The van der Waals surface area contributed by atoms with E-state index in [1.807, 2.05) is 0 Å². The molecular formula is C23H29B. The Hall–Kier alpha value is -1.76. The second-order valence-electron chi connectivity index (χ2n) is 8.83. The van der Waals surface area contributed by atoms with E-state index < -0.39 is 0 Å². The first-order valence-corrected chi connectivity index (χ1v) is 9.04. The lowest BCUT2D eigenvalue weighted by Crippen LogP contribution is -2.34. The maximum Gasteiger partial charge on any atom is 0.139 e. The van der Waals surface area contributed by atoms with Gasteiger partial charge in [-0.2, -0.15) is 0 Å². The van der Waals surface area contributed by atoms with Crippen molar-refractivity contribution in [2.75, 3.05) is 0 Å². The van der Waals surface area contributed by atoms with Gasteiger partial charge in [0.25, 0.3) is 0 Å². The van der Waals surface area contributed by atoms with Gasteiger partial charge in [0.2, 0.25) is 0 Å².